The number of amides is 2. The quantitative estimate of drug-likeness (QED) is 0.689. The van der Waals surface area contributed by atoms with E-state index in [1.807, 2.05) is 24.4 Å². The van der Waals surface area contributed by atoms with E-state index in [1.54, 1.807) is 12.1 Å². The van der Waals surface area contributed by atoms with Crippen molar-refractivity contribution in [3.05, 3.63) is 55.5 Å². The molecule has 0 spiro atoms. The highest BCUT2D eigenvalue weighted by Crippen LogP contribution is 2.41. The molecule has 3 nitrogen and oxygen atoms in total. The Morgan fingerprint density at radius 3 is 2.61 bits per heavy atom. The highest BCUT2D eigenvalue weighted by molar-refractivity contribution is 8.04. The summed E-state index contributed by atoms with van der Waals surface area (Å²) in [4.78, 5) is 28.1. The van der Waals surface area contributed by atoms with Crippen LogP contribution in [0.4, 0.5) is 5.69 Å². The number of hydrogen-bond acceptors (Lipinski definition) is 4. The van der Waals surface area contributed by atoms with E-state index < -0.39 is 0 Å². The summed E-state index contributed by atoms with van der Waals surface area (Å²) >= 11 is 15.0. The lowest BCUT2D eigenvalue weighted by molar-refractivity contribution is -0.119. The summed E-state index contributed by atoms with van der Waals surface area (Å²) in [6, 6.07) is 8.42. The van der Waals surface area contributed by atoms with Crippen LogP contribution in [0.2, 0.25) is 10.0 Å². The van der Waals surface area contributed by atoms with E-state index in [0.717, 1.165) is 9.78 Å². The van der Waals surface area contributed by atoms with Crippen LogP contribution >= 0.6 is 46.3 Å². The van der Waals surface area contributed by atoms with Crippen LogP contribution in [-0.4, -0.2) is 17.6 Å². The van der Waals surface area contributed by atoms with E-state index in [0.29, 0.717) is 32.0 Å². The first-order chi connectivity index (χ1) is 11.0. The second kappa shape index (κ2) is 6.69. The molecule has 0 atom stereocenters. The number of anilines is 1. The fourth-order valence-electron chi connectivity index (χ4n) is 2.30. The number of carbonyl (C=O) groups excluding carboxylic acids is 2. The van der Waals surface area contributed by atoms with Crippen LogP contribution in [0.1, 0.15) is 11.8 Å². The Bertz CT molecular complexity index is 815. The van der Waals surface area contributed by atoms with E-state index in [1.165, 1.54) is 29.2 Å². The molecule has 0 saturated heterocycles. The SMILES string of the molecule is CCSC1=C(c2cccs2)C(=O)N(c2cc(Cl)ccc2Cl)C1=O. The highest BCUT2D eigenvalue weighted by Gasteiger charge is 2.41. The standard InChI is InChI=1S/C16H11Cl2NO2S2/c1-2-22-14-13(12-4-3-7-23-12)15(20)19(16(14)21)11-8-9(17)5-6-10(11)18/h3-8H,2H2,1H3. The maximum atomic E-state index is 12.9. The molecule has 2 amide bonds. The van der Waals surface area contributed by atoms with E-state index in [-0.39, 0.29) is 11.8 Å². The normalized spacial score (nSPS) is 15.0. The molecule has 1 aromatic carbocycles. The number of thiophene rings is 1. The molecule has 23 heavy (non-hydrogen) atoms. The van der Waals surface area contributed by atoms with Crippen molar-refractivity contribution in [3.8, 4) is 0 Å². The molecule has 2 aromatic rings. The first-order valence-corrected chi connectivity index (χ1v) is 9.41. The summed E-state index contributed by atoms with van der Waals surface area (Å²) in [6.45, 7) is 1.94. The lowest BCUT2D eigenvalue weighted by atomic mass is 10.2. The van der Waals surface area contributed by atoms with Crippen molar-refractivity contribution in [2.24, 2.45) is 0 Å². The largest absolute Gasteiger partial charge is 0.272 e. The molecule has 1 aliphatic rings. The Kier molecular flexibility index (Phi) is 4.82. The van der Waals surface area contributed by atoms with Crippen molar-refractivity contribution < 1.29 is 9.59 Å². The zero-order valence-corrected chi connectivity index (χ0v) is 15.2. The topological polar surface area (TPSA) is 37.4 Å². The van der Waals surface area contributed by atoms with Crippen molar-refractivity contribution in [2.75, 3.05) is 10.7 Å². The second-order valence-corrected chi connectivity index (χ2v) is 7.72. The van der Waals surface area contributed by atoms with Crippen molar-refractivity contribution in [2.45, 2.75) is 6.92 Å². The number of hydrogen-bond donors (Lipinski definition) is 0. The molecule has 118 valence electrons. The Morgan fingerprint density at radius 2 is 1.96 bits per heavy atom. The lowest BCUT2D eigenvalue weighted by Crippen LogP contribution is -2.31. The van der Waals surface area contributed by atoms with Crippen molar-refractivity contribution in [1.29, 1.82) is 0 Å². The van der Waals surface area contributed by atoms with Gasteiger partial charge in [-0.15, -0.1) is 23.1 Å². The van der Waals surface area contributed by atoms with Gasteiger partial charge in [0, 0.05) is 9.90 Å². The fraction of sp³-hybridized carbons (Fsp3) is 0.125. The van der Waals surface area contributed by atoms with E-state index in [9.17, 15) is 9.59 Å². The molecule has 1 aromatic heterocycles. The summed E-state index contributed by atoms with van der Waals surface area (Å²) in [5.41, 5.74) is 0.753. The minimum atomic E-state index is -0.363. The maximum absolute atomic E-state index is 12.9. The van der Waals surface area contributed by atoms with Crippen LogP contribution in [0.5, 0.6) is 0 Å². The molecule has 0 bridgehead atoms. The molecular formula is C16H11Cl2NO2S2. The van der Waals surface area contributed by atoms with Crippen LogP contribution in [-0.2, 0) is 9.59 Å². The number of nitrogens with zero attached hydrogens (tertiary/aromatic N) is 1. The smallest absolute Gasteiger partial charge is 0.268 e. The molecule has 1 aliphatic heterocycles. The van der Waals surface area contributed by atoms with Crippen LogP contribution in [0.25, 0.3) is 5.57 Å². The van der Waals surface area contributed by atoms with Gasteiger partial charge in [-0.3, -0.25) is 9.59 Å². The number of carbonyl (C=O) groups is 2. The van der Waals surface area contributed by atoms with Gasteiger partial charge >= 0.3 is 0 Å². The third kappa shape index (κ3) is 2.94. The fourth-order valence-corrected chi connectivity index (χ4v) is 4.35. The average Bonchev–Trinajstić information content (AvgIpc) is 3.11. The third-order valence-electron chi connectivity index (χ3n) is 3.25. The summed E-state index contributed by atoms with van der Waals surface area (Å²) in [7, 11) is 0. The Morgan fingerprint density at radius 1 is 1.17 bits per heavy atom. The van der Waals surface area contributed by atoms with Crippen LogP contribution in [0.15, 0.2) is 40.6 Å². The van der Waals surface area contributed by atoms with Gasteiger partial charge in [-0.1, -0.05) is 36.2 Å². The predicted octanol–water partition coefficient (Wildman–Crippen LogP) is 5.09. The molecule has 7 heteroatoms. The van der Waals surface area contributed by atoms with Gasteiger partial charge in [0.25, 0.3) is 11.8 Å². The molecule has 0 radical (unpaired) electrons. The number of halogens is 2. The molecule has 0 aliphatic carbocycles. The first kappa shape index (κ1) is 16.6. The maximum Gasteiger partial charge on any atom is 0.272 e. The van der Waals surface area contributed by atoms with Gasteiger partial charge in [-0.05, 0) is 35.4 Å². The van der Waals surface area contributed by atoms with Crippen LogP contribution < -0.4 is 4.90 Å². The number of rotatable bonds is 4. The molecular weight excluding hydrogens is 373 g/mol. The number of thioether (sulfide) groups is 1. The van der Waals surface area contributed by atoms with E-state index in [4.69, 9.17) is 23.2 Å². The summed E-state index contributed by atoms with van der Waals surface area (Å²) in [6.07, 6.45) is 0. The predicted molar refractivity (Wildman–Crippen MR) is 98.3 cm³/mol. The average molecular weight is 384 g/mol. The zero-order valence-electron chi connectivity index (χ0n) is 12.0. The Labute approximate surface area is 151 Å². The molecule has 3 rings (SSSR count). The van der Waals surface area contributed by atoms with Gasteiger partial charge in [0.05, 0.1) is 21.2 Å². The highest BCUT2D eigenvalue weighted by atomic mass is 35.5. The molecule has 0 N–H and O–H groups in total. The van der Waals surface area contributed by atoms with Crippen LogP contribution in [0, 0.1) is 0 Å². The third-order valence-corrected chi connectivity index (χ3v) is 5.64. The molecule has 0 fully saturated rings. The minimum Gasteiger partial charge on any atom is -0.268 e. The van der Waals surface area contributed by atoms with Gasteiger partial charge in [-0.2, -0.15) is 0 Å². The van der Waals surface area contributed by atoms with Gasteiger partial charge in [0.15, 0.2) is 0 Å². The minimum absolute atomic E-state index is 0.310. The number of benzene rings is 1. The van der Waals surface area contributed by atoms with Crippen molar-refractivity contribution in [3.63, 3.8) is 0 Å². The number of imide groups is 1. The summed E-state index contributed by atoms with van der Waals surface area (Å²) in [5, 5.41) is 2.60. The Balaban J connectivity index is 2.12. The van der Waals surface area contributed by atoms with E-state index >= 15 is 0 Å². The van der Waals surface area contributed by atoms with Gasteiger partial charge in [0.2, 0.25) is 0 Å². The van der Waals surface area contributed by atoms with Gasteiger partial charge < -0.3 is 0 Å². The zero-order chi connectivity index (χ0) is 16.6. The monoisotopic (exact) mass is 383 g/mol. The lowest BCUT2D eigenvalue weighted by Gasteiger charge is -2.16. The second-order valence-electron chi connectivity index (χ2n) is 4.66. The molecule has 0 saturated carbocycles. The molecule has 2 heterocycles. The van der Waals surface area contributed by atoms with Gasteiger partial charge in [0.1, 0.15) is 0 Å². The van der Waals surface area contributed by atoms with Crippen molar-refractivity contribution in [1.82, 2.24) is 0 Å². The van der Waals surface area contributed by atoms with Crippen LogP contribution in [0.3, 0.4) is 0 Å². The first-order valence-electron chi connectivity index (χ1n) is 6.79. The summed E-state index contributed by atoms with van der Waals surface area (Å²) in [5.74, 6) is -0.0210. The summed E-state index contributed by atoms with van der Waals surface area (Å²) < 4.78 is 0. The van der Waals surface area contributed by atoms with Gasteiger partial charge in [-0.25, -0.2) is 4.90 Å². The van der Waals surface area contributed by atoms with E-state index in [2.05, 4.69) is 0 Å². The molecule has 0 unspecified atom stereocenters. The Hall–Kier alpha value is -1.27. The van der Waals surface area contributed by atoms with Crippen molar-refractivity contribution >= 4 is 69.4 Å².